The molecule has 0 saturated heterocycles. The summed E-state index contributed by atoms with van der Waals surface area (Å²) in [6.45, 7) is 0. The molecule has 0 spiro atoms. The van der Waals surface area contributed by atoms with Crippen LogP contribution in [0.4, 0.5) is 24.5 Å². The molecule has 0 radical (unpaired) electrons. The van der Waals surface area contributed by atoms with Crippen molar-refractivity contribution in [1.82, 2.24) is 0 Å². The van der Waals surface area contributed by atoms with Crippen molar-refractivity contribution >= 4 is 27.3 Å². The molecule has 0 bridgehead atoms. The van der Waals surface area contributed by atoms with Crippen LogP contribution in [0.2, 0.25) is 0 Å². The zero-order valence-electron chi connectivity index (χ0n) is 11.3. The van der Waals surface area contributed by atoms with Gasteiger partial charge in [0.2, 0.25) is 10.0 Å². The van der Waals surface area contributed by atoms with E-state index in [2.05, 4.69) is 0 Å². The van der Waals surface area contributed by atoms with Gasteiger partial charge in [0, 0.05) is 5.56 Å². The normalized spacial score (nSPS) is 11.3. The van der Waals surface area contributed by atoms with Crippen LogP contribution in [0.3, 0.4) is 0 Å². The maximum Gasteiger partial charge on any atom is 0.255 e. The summed E-state index contributed by atoms with van der Waals surface area (Å²) in [5, 5.41) is 6.94. The Bertz CT molecular complexity index is 901. The van der Waals surface area contributed by atoms with Crippen LogP contribution in [0.25, 0.3) is 0 Å². The molecule has 0 aliphatic rings. The summed E-state index contributed by atoms with van der Waals surface area (Å²) >= 11 is 0. The van der Waals surface area contributed by atoms with Crippen LogP contribution in [0.5, 0.6) is 0 Å². The molecule has 5 N–H and O–H groups in total. The first-order valence-electron chi connectivity index (χ1n) is 5.98. The highest BCUT2D eigenvalue weighted by atomic mass is 32.2. The van der Waals surface area contributed by atoms with Gasteiger partial charge in [-0.1, -0.05) is 0 Å². The highest BCUT2D eigenvalue weighted by Gasteiger charge is 2.18. The minimum absolute atomic E-state index is 0.178. The van der Waals surface area contributed by atoms with Gasteiger partial charge in [0.05, 0.1) is 11.4 Å². The molecule has 0 fully saturated rings. The third-order valence-electron chi connectivity index (χ3n) is 2.87. The Kier molecular flexibility index (Phi) is 4.30. The summed E-state index contributed by atoms with van der Waals surface area (Å²) in [6, 6.07) is 4.63. The van der Waals surface area contributed by atoms with E-state index in [4.69, 9.17) is 10.9 Å². The van der Waals surface area contributed by atoms with Crippen molar-refractivity contribution in [2.24, 2.45) is 5.14 Å². The molecule has 10 heteroatoms. The second-order valence-electron chi connectivity index (χ2n) is 4.47. The summed E-state index contributed by atoms with van der Waals surface area (Å²) < 4.78 is 62.1. The van der Waals surface area contributed by atoms with E-state index in [1.807, 2.05) is 5.32 Å². The Morgan fingerprint density at radius 3 is 2.30 bits per heavy atom. The first-order valence-corrected chi connectivity index (χ1v) is 7.53. The second kappa shape index (κ2) is 5.89. The average molecular weight is 345 g/mol. The summed E-state index contributed by atoms with van der Waals surface area (Å²) in [5.74, 6) is -5.70. The summed E-state index contributed by atoms with van der Waals surface area (Å²) in [4.78, 5) is 11.5. The number of benzene rings is 2. The number of carbonyl (C=O) groups excluding carboxylic acids is 1. The predicted octanol–water partition coefficient (Wildman–Crippen LogP) is 1.59. The topological polar surface area (TPSA) is 115 Å². The fourth-order valence-electron chi connectivity index (χ4n) is 1.74. The van der Waals surface area contributed by atoms with Crippen LogP contribution in [-0.4, -0.2) is 14.3 Å². The fraction of sp³-hybridized carbons (Fsp3) is 0. The van der Waals surface area contributed by atoms with Crippen molar-refractivity contribution < 1.29 is 26.4 Å². The van der Waals surface area contributed by atoms with Gasteiger partial charge in [-0.25, -0.2) is 26.7 Å². The molecule has 2 rings (SSSR count). The number of halogens is 3. The van der Waals surface area contributed by atoms with Gasteiger partial charge < -0.3 is 11.1 Å². The maximum atomic E-state index is 13.5. The lowest BCUT2D eigenvalue weighted by Crippen LogP contribution is -2.18. The van der Waals surface area contributed by atoms with Crippen molar-refractivity contribution in [3.63, 3.8) is 0 Å². The minimum Gasteiger partial charge on any atom is -0.398 e. The molecule has 2 aromatic carbocycles. The zero-order chi connectivity index (χ0) is 17.4. The van der Waals surface area contributed by atoms with Gasteiger partial charge in [0.1, 0.15) is 4.90 Å². The fourth-order valence-corrected chi connectivity index (χ4v) is 2.43. The molecule has 6 nitrogen and oxygen atoms in total. The van der Waals surface area contributed by atoms with Crippen LogP contribution in [-0.2, 0) is 10.0 Å². The number of sulfonamides is 1. The molecule has 122 valence electrons. The average Bonchev–Trinajstić information content (AvgIpc) is 2.47. The Balaban J connectivity index is 2.38. The van der Waals surface area contributed by atoms with Crippen molar-refractivity contribution in [1.29, 1.82) is 0 Å². The molecule has 0 saturated carbocycles. The van der Waals surface area contributed by atoms with E-state index in [9.17, 15) is 26.4 Å². The Morgan fingerprint density at radius 1 is 1.04 bits per heavy atom. The van der Waals surface area contributed by atoms with Crippen LogP contribution in [0, 0.1) is 17.5 Å². The van der Waals surface area contributed by atoms with Crippen LogP contribution < -0.4 is 16.2 Å². The van der Waals surface area contributed by atoms with Crippen LogP contribution >= 0.6 is 0 Å². The number of carbonyl (C=O) groups is 1. The number of rotatable bonds is 3. The molecule has 0 aliphatic carbocycles. The lowest BCUT2D eigenvalue weighted by molar-refractivity contribution is 0.102. The van der Waals surface area contributed by atoms with Crippen LogP contribution in [0.15, 0.2) is 35.2 Å². The van der Waals surface area contributed by atoms with E-state index in [1.54, 1.807) is 0 Å². The quantitative estimate of drug-likeness (QED) is 0.579. The maximum absolute atomic E-state index is 13.5. The van der Waals surface area contributed by atoms with Gasteiger partial charge in [0.15, 0.2) is 17.5 Å². The molecular formula is C13H10F3N3O3S. The van der Waals surface area contributed by atoms with Crippen molar-refractivity contribution in [3.05, 3.63) is 53.3 Å². The summed E-state index contributed by atoms with van der Waals surface area (Å²) in [6.07, 6.45) is 0. The van der Waals surface area contributed by atoms with E-state index < -0.39 is 44.0 Å². The first kappa shape index (κ1) is 16.8. The SMILES string of the molecule is Nc1ccc(C(=O)Nc2ccc(F)c(F)c2F)cc1S(N)(=O)=O. The van der Waals surface area contributed by atoms with E-state index >= 15 is 0 Å². The highest BCUT2D eigenvalue weighted by Crippen LogP contribution is 2.22. The number of primary sulfonamides is 1. The third kappa shape index (κ3) is 3.43. The number of hydrogen-bond donors (Lipinski definition) is 3. The smallest absolute Gasteiger partial charge is 0.255 e. The lowest BCUT2D eigenvalue weighted by Gasteiger charge is -2.09. The number of hydrogen-bond acceptors (Lipinski definition) is 4. The number of nitrogen functional groups attached to an aromatic ring is 1. The standard InChI is InChI=1S/C13H10F3N3O3S/c14-7-2-4-9(12(16)11(7)15)19-13(20)6-1-3-8(17)10(5-6)23(18,21)22/h1-5H,17H2,(H,19,20)(H2,18,21,22). The second-order valence-corrected chi connectivity index (χ2v) is 6.00. The number of nitrogens with one attached hydrogen (secondary N) is 1. The zero-order valence-corrected chi connectivity index (χ0v) is 12.1. The summed E-state index contributed by atoms with van der Waals surface area (Å²) in [5.41, 5.74) is 4.45. The monoisotopic (exact) mass is 345 g/mol. The molecule has 1 amide bonds. The molecule has 2 aromatic rings. The van der Waals surface area contributed by atoms with Crippen LogP contribution in [0.1, 0.15) is 10.4 Å². The highest BCUT2D eigenvalue weighted by molar-refractivity contribution is 7.89. The van der Waals surface area contributed by atoms with Crippen molar-refractivity contribution in [2.75, 3.05) is 11.1 Å². The Hall–Kier alpha value is -2.59. The Labute approximate surface area is 129 Å². The molecule has 0 unspecified atom stereocenters. The molecule has 0 heterocycles. The number of nitrogens with two attached hydrogens (primary N) is 2. The molecule has 0 aromatic heterocycles. The predicted molar refractivity (Wildman–Crippen MR) is 76.5 cm³/mol. The van der Waals surface area contributed by atoms with E-state index in [0.29, 0.717) is 6.07 Å². The Morgan fingerprint density at radius 2 is 1.70 bits per heavy atom. The van der Waals surface area contributed by atoms with E-state index in [1.165, 1.54) is 0 Å². The molecule has 0 aliphatic heterocycles. The number of anilines is 2. The van der Waals surface area contributed by atoms with Crippen molar-refractivity contribution in [3.8, 4) is 0 Å². The van der Waals surface area contributed by atoms with E-state index in [0.717, 1.165) is 24.3 Å². The minimum atomic E-state index is -4.17. The summed E-state index contributed by atoms with van der Waals surface area (Å²) in [7, 11) is -4.17. The molecule has 23 heavy (non-hydrogen) atoms. The van der Waals surface area contributed by atoms with Gasteiger partial charge in [-0.2, -0.15) is 0 Å². The number of amides is 1. The largest absolute Gasteiger partial charge is 0.398 e. The van der Waals surface area contributed by atoms with Gasteiger partial charge in [-0.3, -0.25) is 4.79 Å². The van der Waals surface area contributed by atoms with E-state index in [-0.39, 0.29) is 11.3 Å². The van der Waals surface area contributed by atoms with Gasteiger partial charge in [-0.15, -0.1) is 0 Å². The lowest BCUT2D eigenvalue weighted by atomic mass is 10.2. The van der Waals surface area contributed by atoms with Gasteiger partial charge >= 0.3 is 0 Å². The molecule has 0 atom stereocenters. The van der Waals surface area contributed by atoms with Gasteiger partial charge in [0.25, 0.3) is 5.91 Å². The van der Waals surface area contributed by atoms with Crippen molar-refractivity contribution in [2.45, 2.75) is 4.90 Å². The first-order chi connectivity index (χ1) is 10.6. The van der Waals surface area contributed by atoms with Gasteiger partial charge in [-0.05, 0) is 30.3 Å². The molecular weight excluding hydrogens is 335 g/mol. The third-order valence-corrected chi connectivity index (χ3v) is 3.83.